The average molecular weight is 445 g/mol. The van der Waals surface area contributed by atoms with Gasteiger partial charge in [0, 0.05) is 0 Å². The Hall–Kier alpha value is -1.84. The van der Waals surface area contributed by atoms with Gasteiger partial charge in [0.25, 0.3) is 0 Å². The van der Waals surface area contributed by atoms with Crippen LogP contribution in [0.3, 0.4) is 0 Å². The molecule has 0 saturated heterocycles. The predicted molar refractivity (Wildman–Crippen MR) is 131 cm³/mol. The second-order valence-corrected chi connectivity index (χ2v) is 9.98. The van der Waals surface area contributed by atoms with Crippen LogP contribution in [-0.4, -0.2) is 22.2 Å². The molecule has 2 N–H and O–H groups in total. The van der Waals surface area contributed by atoms with Gasteiger partial charge in [-0.15, -0.1) is 0 Å². The zero-order chi connectivity index (χ0) is 23.1. The number of hydrogen-bond acceptors (Lipinski definition) is 2. The van der Waals surface area contributed by atoms with Gasteiger partial charge in [0.2, 0.25) is 0 Å². The summed E-state index contributed by atoms with van der Waals surface area (Å²) in [4.78, 5) is 23.3. The fourth-order valence-corrected chi connectivity index (χ4v) is 5.23. The summed E-state index contributed by atoms with van der Waals surface area (Å²) < 4.78 is 0. The molecule has 0 heterocycles. The zero-order valence-corrected chi connectivity index (χ0v) is 19.9. The molecule has 2 aliphatic carbocycles. The monoisotopic (exact) mass is 444 g/mol. The molecule has 0 spiro atoms. The Labute approximate surface area is 194 Å². The third kappa shape index (κ3) is 8.60. The van der Waals surface area contributed by atoms with Crippen molar-refractivity contribution in [1.29, 1.82) is 0 Å². The van der Waals surface area contributed by atoms with Crippen molar-refractivity contribution in [3.63, 3.8) is 0 Å². The second-order valence-electron chi connectivity index (χ2n) is 9.98. The maximum absolute atomic E-state index is 11.7. The summed E-state index contributed by atoms with van der Waals surface area (Å²) in [6.07, 6.45) is 30.5. The molecule has 2 aliphatic rings. The van der Waals surface area contributed by atoms with Gasteiger partial charge >= 0.3 is 11.9 Å². The fourth-order valence-electron chi connectivity index (χ4n) is 5.23. The molecular formula is C28H44O4. The van der Waals surface area contributed by atoms with E-state index in [9.17, 15) is 19.8 Å². The van der Waals surface area contributed by atoms with Crippen molar-refractivity contribution >= 4 is 11.9 Å². The topological polar surface area (TPSA) is 74.6 Å². The van der Waals surface area contributed by atoms with Crippen LogP contribution < -0.4 is 0 Å². The first-order valence-corrected chi connectivity index (χ1v) is 12.9. The van der Waals surface area contributed by atoms with E-state index in [4.69, 9.17) is 0 Å². The van der Waals surface area contributed by atoms with Crippen LogP contribution in [-0.2, 0) is 9.59 Å². The first-order valence-electron chi connectivity index (χ1n) is 12.9. The molecule has 2 unspecified atom stereocenters. The number of carboxylic acid groups (broad SMARTS) is 2. The Morgan fingerprint density at radius 3 is 1.38 bits per heavy atom. The van der Waals surface area contributed by atoms with Crippen molar-refractivity contribution in [2.75, 3.05) is 0 Å². The van der Waals surface area contributed by atoms with Crippen LogP contribution in [0.15, 0.2) is 36.5 Å². The number of carboxylic acids is 2. The minimum atomic E-state index is -0.614. The van der Waals surface area contributed by atoms with Gasteiger partial charge in [-0.3, -0.25) is 9.59 Å². The number of rotatable bonds is 16. The van der Waals surface area contributed by atoms with Crippen LogP contribution >= 0.6 is 0 Å². The number of hydrogen-bond donors (Lipinski definition) is 2. The van der Waals surface area contributed by atoms with E-state index in [1.165, 1.54) is 25.7 Å². The first kappa shape index (κ1) is 26.4. The normalized spacial score (nSPS) is 25.4. The molecule has 0 aromatic carbocycles. The highest BCUT2D eigenvalue weighted by molar-refractivity contribution is 5.75. The van der Waals surface area contributed by atoms with Crippen molar-refractivity contribution in [3.8, 4) is 0 Å². The Bertz CT molecular complexity index is 606. The lowest BCUT2D eigenvalue weighted by Crippen LogP contribution is -2.31. The molecule has 32 heavy (non-hydrogen) atoms. The Balaban J connectivity index is 1.43. The molecule has 0 fully saturated rings. The maximum Gasteiger partial charge on any atom is 0.309 e. The smallest absolute Gasteiger partial charge is 0.309 e. The zero-order valence-electron chi connectivity index (χ0n) is 19.9. The van der Waals surface area contributed by atoms with E-state index in [0.29, 0.717) is 12.8 Å². The molecule has 180 valence electrons. The van der Waals surface area contributed by atoms with E-state index in [0.717, 1.165) is 77.0 Å². The SMILES string of the molecule is O=C(O)C1(CCCCCC/C=C\CCCCCCC2(C(=O)O)CC=CCC2)CC=CCC1. The van der Waals surface area contributed by atoms with E-state index in [-0.39, 0.29) is 0 Å². The molecule has 0 amide bonds. The minimum Gasteiger partial charge on any atom is -0.481 e. The van der Waals surface area contributed by atoms with Crippen LogP contribution in [0.25, 0.3) is 0 Å². The quantitative estimate of drug-likeness (QED) is 0.188. The summed E-state index contributed by atoms with van der Waals surface area (Å²) in [6, 6.07) is 0. The number of aliphatic carboxylic acids is 2. The molecule has 0 aromatic rings. The van der Waals surface area contributed by atoms with Crippen molar-refractivity contribution in [2.45, 2.75) is 116 Å². The highest BCUT2D eigenvalue weighted by Crippen LogP contribution is 2.39. The lowest BCUT2D eigenvalue weighted by atomic mass is 9.73. The van der Waals surface area contributed by atoms with E-state index in [1.54, 1.807) is 0 Å². The van der Waals surface area contributed by atoms with Gasteiger partial charge in [-0.25, -0.2) is 0 Å². The standard InChI is InChI=1S/C28H44O4/c29-25(30)27(21-15-11-16-22-27)19-13-9-7-5-3-1-2-4-6-8-10-14-20-28(26(31)32)23-17-12-18-24-28/h1-2,11-12,15,17H,3-10,13-14,16,18-24H2,(H,29,30)(H,31,32)/b2-1-. The summed E-state index contributed by atoms with van der Waals surface area (Å²) >= 11 is 0. The lowest BCUT2D eigenvalue weighted by Gasteiger charge is -2.30. The molecule has 0 aliphatic heterocycles. The molecule has 0 bridgehead atoms. The summed E-state index contributed by atoms with van der Waals surface area (Å²) in [5, 5.41) is 19.2. The van der Waals surface area contributed by atoms with Gasteiger partial charge in [-0.05, 0) is 77.0 Å². The fraction of sp³-hybridized carbons (Fsp3) is 0.714. The highest BCUT2D eigenvalue weighted by Gasteiger charge is 2.38. The van der Waals surface area contributed by atoms with Crippen molar-refractivity contribution in [2.24, 2.45) is 10.8 Å². The van der Waals surface area contributed by atoms with Crippen LogP contribution in [0.2, 0.25) is 0 Å². The lowest BCUT2D eigenvalue weighted by molar-refractivity contribution is -0.151. The summed E-state index contributed by atoms with van der Waals surface area (Å²) in [5.41, 5.74) is -1.01. The molecule has 4 nitrogen and oxygen atoms in total. The van der Waals surface area contributed by atoms with Crippen molar-refractivity contribution < 1.29 is 19.8 Å². The van der Waals surface area contributed by atoms with Crippen molar-refractivity contribution in [3.05, 3.63) is 36.5 Å². The molecule has 2 atom stereocenters. The average Bonchev–Trinajstić information content (AvgIpc) is 2.80. The number of allylic oxidation sites excluding steroid dienone is 6. The summed E-state index contributed by atoms with van der Waals surface area (Å²) in [6.45, 7) is 0. The van der Waals surface area contributed by atoms with Gasteiger partial charge in [-0.2, -0.15) is 0 Å². The molecule has 2 rings (SSSR count). The van der Waals surface area contributed by atoms with Crippen LogP contribution in [0.4, 0.5) is 0 Å². The minimum absolute atomic E-state index is 0.504. The first-order chi connectivity index (χ1) is 15.5. The Kier molecular flexibility index (Phi) is 11.8. The largest absolute Gasteiger partial charge is 0.481 e. The maximum atomic E-state index is 11.7. The van der Waals surface area contributed by atoms with Gasteiger partial charge in [0.1, 0.15) is 0 Å². The van der Waals surface area contributed by atoms with E-state index in [2.05, 4.69) is 24.3 Å². The van der Waals surface area contributed by atoms with E-state index >= 15 is 0 Å². The summed E-state index contributed by atoms with van der Waals surface area (Å²) in [7, 11) is 0. The van der Waals surface area contributed by atoms with Crippen LogP contribution in [0.5, 0.6) is 0 Å². The molecule has 0 radical (unpaired) electrons. The molecule has 0 saturated carbocycles. The second kappa shape index (κ2) is 14.3. The number of unbranched alkanes of at least 4 members (excludes halogenated alkanes) is 8. The van der Waals surface area contributed by atoms with Gasteiger partial charge in [0.15, 0.2) is 0 Å². The van der Waals surface area contributed by atoms with E-state index in [1.807, 2.05) is 12.2 Å². The third-order valence-electron chi connectivity index (χ3n) is 7.56. The van der Waals surface area contributed by atoms with Gasteiger partial charge in [0.05, 0.1) is 10.8 Å². The van der Waals surface area contributed by atoms with Crippen LogP contribution in [0.1, 0.15) is 116 Å². The van der Waals surface area contributed by atoms with Crippen LogP contribution in [0, 0.1) is 10.8 Å². The Morgan fingerprint density at radius 1 is 0.625 bits per heavy atom. The molecule has 0 aromatic heterocycles. The molecule has 4 heteroatoms. The summed E-state index contributed by atoms with van der Waals surface area (Å²) in [5.74, 6) is -1.23. The van der Waals surface area contributed by atoms with E-state index < -0.39 is 22.8 Å². The Morgan fingerprint density at radius 2 is 1.03 bits per heavy atom. The van der Waals surface area contributed by atoms with Gasteiger partial charge < -0.3 is 10.2 Å². The van der Waals surface area contributed by atoms with Gasteiger partial charge in [-0.1, -0.05) is 75.0 Å². The van der Waals surface area contributed by atoms with Crippen molar-refractivity contribution in [1.82, 2.24) is 0 Å². The predicted octanol–water partition coefficient (Wildman–Crippen LogP) is 7.85. The highest BCUT2D eigenvalue weighted by atomic mass is 16.4. The molecular weight excluding hydrogens is 400 g/mol. The number of carbonyl (C=O) groups is 2. The third-order valence-corrected chi connectivity index (χ3v) is 7.56.